The number of halogens is 2. The molecule has 0 N–H and O–H groups in total. The van der Waals surface area contributed by atoms with Crippen molar-refractivity contribution >= 4 is 40.9 Å². The second kappa shape index (κ2) is 6.36. The highest BCUT2D eigenvalue weighted by Gasteiger charge is 2.25. The molecule has 0 unspecified atom stereocenters. The molecule has 1 aliphatic heterocycles. The summed E-state index contributed by atoms with van der Waals surface area (Å²) in [6, 6.07) is 4.98. The van der Waals surface area contributed by atoms with Crippen LogP contribution in [0.4, 0.5) is 0 Å². The van der Waals surface area contributed by atoms with Crippen molar-refractivity contribution in [2.45, 2.75) is 18.7 Å². The molecule has 0 spiro atoms. The molecule has 22 heavy (non-hydrogen) atoms. The molecule has 0 radical (unpaired) electrons. The van der Waals surface area contributed by atoms with Gasteiger partial charge in [-0.25, -0.2) is 9.69 Å². The maximum Gasteiger partial charge on any atom is 0.238 e. The fourth-order valence-corrected chi connectivity index (χ4v) is 3.28. The summed E-state index contributed by atoms with van der Waals surface area (Å²) >= 11 is 13.5. The van der Waals surface area contributed by atoms with E-state index in [0.29, 0.717) is 33.3 Å². The maximum absolute atomic E-state index is 11.7. The molecule has 3 rings (SSSR count). The molecule has 9 heteroatoms. The molecule has 1 aliphatic rings. The Morgan fingerprint density at radius 3 is 3.00 bits per heavy atom. The van der Waals surface area contributed by atoms with Crippen molar-refractivity contribution in [2.75, 3.05) is 17.3 Å². The number of carbonyl (C=O) groups is 1. The minimum atomic E-state index is -0.0663. The number of thioether (sulfide) groups is 1. The van der Waals surface area contributed by atoms with E-state index in [0.717, 1.165) is 5.75 Å². The summed E-state index contributed by atoms with van der Waals surface area (Å²) in [5.74, 6) is 1.72. The Morgan fingerprint density at radius 1 is 1.41 bits per heavy atom. The first-order chi connectivity index (χ1) is 10.6. The van der Waals surface area contributed by atoms with Crippen LogP contribution in [0.5, 0.6) is 5.75 Å². The molecule has 2 aromatic rings. The minimum Gasteiger partial charge on any atom is -0.484 e. The van der Waals surface area contributed by atoms with Crippen LogP contribution in [0.25, 0.3) is 0 Å². The normalized spacial score (nSPS) is 13.9. The lowest BCUT2D eigenvalue weighted by molar-refractivity contribution is -0.118. The number of nitrogens with zero attached hydrogens (tertiary/aromatic N) is 4. The van der Waals surface area contributed by atoms with Gasteiger partial charge in [-0.3, -0.25) is 4.79 Å². The third-order valence-corrected chi connectivity index (χ3v) is 4.51. The summed E-state index contributed by atoms with van der Waals surface area (Å²) in [6.07, 6.45) is 0. The fourth-order valence-electron chi connectivity index (χ4n) is 2.07. The van der Waals surface area contributed by atoms with Gasteiger partial charge in [-0.1, -0.05) is 35.0 Å². The predicted octanol–water partition coefficient (Wildman–Crippen LogP) is 2.75. The van der Waals surface area contributed by atoms with Crippen LogP contribution in [-0.2, 0) is 11.4 Å². The summed E-state index contributed by atoms with van der Waals surface area (Å²) in [5.41, 5.74) is 0. The molecule has 6 nitrogen and oxygen atoms in total. The van der Waals surface area contributed by atoms with Crippen LogP contribution < -0.4 is 9.75 Å². The van der Waals surface area contributed by atoms with Gasteiger partial charge in [0.05, 0.1) is 11.6 Å². The number of hydrogen-bond acceptors (Lipinski definition) is 5. The Balaban J connectivity index is 1.83. The van der Waals surface area contributed by atoms with Gasteiger partial charge >= 0.3 is 0 Å². The molecule has 0 aliphatic carbocycles. The van der Waals surface area contributed by atoms with Crippen LogP contribution in [0.2, 0.25) is 10.0 Å². The monoisotopic (exact) mass is 358 g/mol. The van der Waals surface area contributed by atoms with E-state index in [1.807, 2.05) is 0 Å². The number of aromatic nitrogens is 3. The first kappa shape index (κ1) is 15.5. The quantitative estimate of drug-likeness (QED) is 0.844. The van der Waals surface area contributed by atoms with Gasteiger partial charge in [-0.05, 0) is 12.1 Å². The topological polar surface area (TPSA) is 60.3 Å². The predicted molar refractivity (Wildman–Crippen MR) is 85.3 cm³/mol. The summed E-state index contributed by atoms with van der Waals surface area (Å²) in [6.45, 7) is 2.26. The van der Waals surface area contributed by atoms with Crippen molar-refractivity contribution in [1.82, 2.24) is 14.9 Å². The molecule has 1 aromatic carbocycles. The zero-order valence-electron chi connectivity index (χ0n) is 11.6. The average Bonchev–Trinajstić information content (AvgIpc) is 2.91. The van der Waals surface area contributed by atoms with Gasteiger partial charge in [0.2, 0.25) is 11.1 Å². The maximum atomic E-state index is 11.7. The average molecular weight is 359 g/mol. The number of carbonyl (C=O) groups excluding carboxylic acids is 1. The molecule has 0 saturated carbocycles. The van der Waals surface area contributed by atoms with E-state index in [1.165, 1.54) is 6.92 Å². The van der Waals surface area contributed by atoms with Gasteiger partial charge in [0.15, 0.2) is 5.82 Å². The largest absolute Gasteiger partial charge is 0.484 e. The molecule has 0 saturated heterocycles. The Morgan fingerprint density at radius 2 is 2.23 bits per heavy atom. The Hall–Kier alpha value is -1.44. The van der Waals surface area contributed by atoms with Crippen LogP contribution >= 0.6 is 35.0 Å². The number of benzene rings is 1. The van der Waals surface area contributed by atoms with Crippen molar-refractivity contribution < 1.29 is 9.53 Å². The smallest absolute Gasteiger partial charge is 0.238 e. The van der Waals surface area contributed by atoms with Crippen molar-refractivity contribution in [3.05, 3.63) is 34.1 Å². The highest BCUT2D eigenvalue weighted by Crippen LogP contribution is 2.29. The van der Waals surface area contributed by atoms with Crippen LogP contribution in [0, 0.1) is 0 Å². The van der Waals surface area contributed by atoms with Crippen molar-refractivity contribution in [3.63, 3.8) is 0 Å². The molecule has 0 fully saturated rings. The standard InChI is InChI=1S/C13H12Cl2N4O2S/c1-8(20)18-4-5-22-13-17-16-12(19(13)18)7-21-11-6-9(14)2-3-10(11)15/h2-3,6H,4-5,7H2,1H3. The zero-order valence-corrected chi connectivity index (χ0v) is 14.0. The number of amides is 1. The molecular formula is C13H12Cl2N4O2S. The molecule has 2 heterocycles. The number of rotatable bonds is 3. The van der Waals surface area contributed by atoms with E-state index in [-0.39, 0.29) is 12.5 Å². The lowest BCUT2D eigenvalue weighted by Gasteiger charge is -2.27. The van der Waals surface area contributed by atoms with Crippen molar-refractivity contribution in [2.24, 2.45) is 0 Å². The van der Waals surface area contributed by atoms with Crippen LogP contribution in [0.3, 0.4) is 0 Å². The van der Waals surface area contributed by atoms with Gasteiger partial charge in [0, 0.05) is 23.8 Å². The Labute approximate surface area is 141 Å². The van der Waals surface area contributed by atoms with Crippen molar-refractivity contribution in [1.29, 1.82) is 0 Å². The molecule has 0 bridgehead atoms. The SMILES string of the molecule is CC(=O)N1CCSc2nnc(COc3cc(Cl)ccc3Cl)n21. The van der Waals surface area contributed by atoms with E-state index in [4.69, 9.17) is 27.9 Å². The molecule has 1 aromatic heterocycles. The Kier molecular flexibility index (Phi) is 4.46. The van der Waals surface area contributed by atoms with Crippen molar-refractivity contribution in [3.8, 4) is 5.75 Å². The van der Waals surface area contributed by atoms with Gasteiger partial charge < -0.3 is 4.74 Å². The highest BCUT2D eigenvalue weighted by molar-refractivity contribution is 7.99. The number of hydrogen-bond donors (Lipinski definition) is 0. The molecule has 1 amide bonds. The summed E-state index contributed by atoms with van der Waals surface area (Å²) in [4.78, 5) is 11.7. The van der Waals surface area contributed by atoms with E-state index < -0.39 is 0 Å². The molecule has 116 valence electrons. The number of ether oxygens (including phenoxy) is 1. The Bertz CT molecular complexity index is 722. The van der Waals surface area contributed by atoms with E-state index in [2.05, 4.69) is 10.2 Å². The first-order valence-electron chi connectivity index (χ1n) is 6.49. The lowest BCUT2D eigenvalue weighted by atomic mass is 10.3. The highest BCUT2D eigenvalue weighted by atomic mass is 35.5. The van der Waals surface area contributed by atoms with E-state index in [1.54, 1.807) is 39.6 Å². The fraction of sp³-hybridized carbons (Fsp3) is 0.308. The summed E-state index contributed by atoms with van der Waals surface area (Å²) in [5, 5.41) is 11.4. The summed E-state index contributed by atoms with van der Waals surface area (Å²) in [7, 11) is 0. The molecular weight excluding hydrogens is 347 g/mol. The zero-order chi connectivity index (χ0) is 15.7. The van der Waals surface area contributed by atoms with E-state index >= 15 is 0 Å². The van der Waals surface area contributed by atoms with Crippen LogP contribution in [0.15, 0.2) is 23.4 Å². The van der Waals surface area contributed by atoms with Gasteiger partial charge in [0.1, 0.15) is 12.4 Å². The van der Waals surface area contributed by atoms with Gasteiger partial charge in [-0.2, -0.15) is 0 Å². The first-order valence-corrected chi connectivity index (χ1v) is 8.24. The number of fused-ring (bicyclic) bond motifs is 1. The van der Waals surface area contributed by atoms with Crippen LogP contribution in [-0.4, -0.2) is 33.1 Å². The second-order valence-corrected chi connectivity index (χ2v) is 6.47. The third kappa shape index (κ3) is 3.02. The minimum absolute atomic E-state index is 0.0663. The lowest BCUT2D eigenvalue weighted by Crippen LogP contribution is -2.44. The second-order valence-electron chi connectivity index (χ2n) is 4.56. The van der Waals surface area contributed by atoms with Gasteiger partial charge in [0.25, 0.3) is 0 Å². The summed E-state index contributed by atoms with van der Waals surface area (Å²) < 4.78 is 7.36. The third-order valence-electron chi connectivity index (χ3n) is 3.07. The van der Waals surface area contributed by atoms with Gasteiger partial charge in [-0.15, -0.1) is 10.2 Å². The molecule has 0 atom stereocenters. The van der Waals surface area contributed by atoms with Crippen LogP contribution in [0.1, 0.15) is 12.7 Å². The van der Waals surface area contributed by atoms with E-state index in [9.17, 15) is 4.79 Å².